The van der Waals surface area contributed by atoms with Gasteiger partial charge in [0.2, 0.25) is 0 Å². The standard InChI is InChI=1S/C72H42B4N4O3/c1-4-20-43(21-5-1)77-54-30-14-10-26-46(54)73-51-38-50-58(78(44-22-6-2-7-23-44)56-32-18-36-64-68(56)75(50)48-28-12-16-34-62(48)81-64)40-59(51)80-55-31-15-11-27-47(55)74-53-39-52-60(41-66(53)83-67-42-61(77)70(73)72(80)71(67)74)79(45-24-8-3-9-25-45)57-33-19-37-65-69(57)76(52)49-29-13-17-35-63(49)82-65/h1-42H. The van der Waals surface area contributed by atoms with Crippen LogP contribution in [-0.4, -0.2) is 26.9 Å². The second kappa shape index (κ2) is 16.1. The van der Waals surface area contributed by atoms with Crippen molar-refractivity contribution in [3.63, 3.8) is 0 Å². The van der Waals surface area contributed by atoms with Crippen molar-refractivity contribution in [1.82, 2.24) is 0 Å². The molecular weight excluding hydrogens is 1010 g/mol. The third-order valence-electron chi connectivity index (χ3n) is 18.9. The van der Waals surface area contributed by atoms with Crippen molar-refractivity contribution in [2.45, 2.75) is 0 Å². The van der Waals surface area contributed by atoms with Gasteiger partial charge in [0.15, 0.2) is 0 Å². The van der Waals surface area contributed by atoms with Crippen molar-refractivity contribution in [3.05, 3.63) is 255 Å². The summed E-state index contributed by atoms with van der Waals surface area (Å²) in [5, 5.41) is 0. The van der Waals surface area contributed by atoms with E-state index in [4.69, 9.17) is 14.2 Å². The predicted octanol–water partition coefficient (Wildman–Crippen LogP) is 9.51. The number of hydrogen-bond donors (Lipinski definition) is 0. The first kappa shape index (κ1) is 44.3. The topological polar surface area (TPSA) is 40.7 Å². The Labute approximate surface area is 481 Å². The van der Waals surface area contributed by atoms with E-state index in [-0.39, 0.29) is 26.9 Å². The van der Waals surface area contributed by atoms with E-state index in [9.17, 15) is 0 Å². The summed E-state index contributed by atoms with van der Waals surface area (Å²) < 4.78 is 21.4. The van der Waals surface area contributed by atoms with Crippen LogP contribution in [-0.2, 0) is 0 Å². The zero-order valence-electron chi connectivity index (χ0n) is 44.6. The van der Waals surface area contributed by atoms with Gasteiger partial charge in [0, 0.05) is 80.4 Å². The molecule has 0 atom stereocenters. The maximum Gasteiger partial charge on any atom is 0.256 e. The fraction of sp³-hybridized carbons (Fsp3) is 0. The van der Waals surface area contributed by atoms with Gasteiger partial charge in [-0.1, -0.05) is 152 Å². The summed E-state index contributed by atoms with van der Waals surface area (Å²) in [5.74, 6) is 5.29. The molecule has 8 aliphatic heterocycles. The first-order valence-electron chi connectivity index (χ1n) is 28.8. The molecule has 8 heterocycles. The summed E-state index contributed by atoms with van der Waals surface area (Å²) in [6, 6.07) is 93.5. The average molecular weight is 1050 g/mol. The van der Waals surface area contributed by atoms with E-state index < -0.39 is 0 Å². The van der Waals surface area contributed by atoms with Crippen LogP contribution in [0, 0.1) is 0 Å². The number of anilines is 12. The maximum atomic E-state index is 7.75. The SMILES string of the molecule is c1ccc(N2c3cc4c(cc3B3c5ccccc5Oc5cccc2c53)B2c3ccccc3N3c5cc6c(cc5B5c7ccccc7N(c7ccccc7)c7cc(c2c3c75)O4)B2c3ccccc3Oc3cccc(c32)N6c2ccccc2)cc1. The second-order valence-electron chi connectivity index (χ2n) is 22.9. The lowest BCUT2D eigenvalue weighted by molar-refractivity contribution is 0.487. The number of benzene rings is 12. The molecule has 0 aromatic heterocycles. The quantitative estimate of drug-likeness (QED) is 0.164. The van der Waals surface area contributed by atoms with E-state index in [0.29, 0.717) is 0 Å². The highest BCUT2D eigenvalue weighted by Crippen LogP contribution is 2.51. The van der Waals surface area contributed by atoms with Gasteiger partial charge < -0.3 is 33.8 Å². The summed E-state index contributed by atoms with van der Waals surface area (Å²) in [6.45, 7) is -0.470. The first-order valence-corrected chi connectivity index (χ1v) is 28.8. The maximum absolute atomic E-state index is 7.75. The lowest BCUT2D eigenvalue weighted by atomic mass is 9.27. The molecule has 0 aliphatic carbocycles. The normalized spacial score (nSPS) is 14.6. The van der Waals surface area contributed by atoms with Crippen LogP contribution >= 0.6 is 0 Å². The van der Waals surface area contributed by atoms with Crippen molar-refractivity contribution in [3.8, 4) is 34.5 Å². The molecule has 12 aromatic rings. The summed E-state index contributed by atoms with van der Waals surface area (Å²) >= 11 is 0. The van der Waals surface area contributed by atoms with E-state index in [2.05, 4.69) is 274 Å². The van der Waals surface area contributed by atoms with Gasteiger partial charge in [0.05, 0.1) is 0 Å². The molecule has 0 fully saturated rings. The van der Waals surface area contributed by atoms with Crippen LogP contribution in [0.15, 0.2) is 255 Å². The van der Waals surface area contributed by atoms with Crippen molar-refractivity contribution in [2.24, 2.45) is 0 Å². The number of hydrogen-bond acceptors (Lipinski definition) is 7. The molecule has 0 unspecified atom stereocenters. The van der Waals surface area contributed by atoms with Crippen LogP contribution in [0.2, 0.25) is 0 Å². The number of ether oxygens (including phenoxy) is 3. The highest BCUT2D eigenvalue weighted by atomic mass is 16.5. The number of para-hydroxylation sites is 7. The van der Waals surface area contributed by atoms with E-state index >= 15 is 0 Å². The largest absolute Gasteiger partial charge is 0.458 e. The minimum absolute atomic E-state index is 0.0760. The molecule has 0 amide bonds. The Balaban J connectivity index is 0.889. The molecule has 0 radical (unpaired) electrons. The van der Waals surface area contributed by atoms with Gasteiger partial charge in [-0.15, -0.1) is 0 Å². The Morgan fingerprint density at radius 1 is 0.205 bits per heavy atom. The molecule has 0 spiro atoms. The van der Waals surface area contributed by atoms with E-state index in [1.807, 2.05) is 0 Å². The van der Waals surface area contributed by atoms with E-state index in [0.717, 1.165) is 108 Å². The zero-order valence-corrected chi connectivity index (χ0v) is 44.6. The molecule has 8 aliphatic rings. The summed E-state index contributed by atoms with van der Waals surface area (Å²) in [4.78, 5) is 10.0. The Morgan fingerprint density at radius 3 is 1.13 bits per heavy atom. The smallest absolute Gasteiger partial charge is 0.256 e. The third-order valence-corrected chi connectivity index (χ3v) is 18.9. The number of fused-ring (bicyclic) bond motifs is 18. The van der Waals surface area contributed by atoms with E-state index in [1.165, 1.54) is 60.3 Å². The van der Waals surface area contributed by atoms with Crippen molar-refractivity contribution >= 4 is 161 Å². The molecule has 0 N–H and O–H groups in total. The highest BCUT2D eigenvalue weighted by molar-refractivity contribution is 7.06. The second-order valence-corrected chi connectivity index (χ2v) is 22.9. The molecular formula is C72H42B4N4O3. The minimum atomic E-state index is -0.171. The molecule has 11 heteroatoms. The zero-order chi connectivity index (χ0) is 53.8. The van der Waals surface area contributed by atoms with Gasteiger partial charge in [-0.3, -0.25) is 0 Å². The lowest BCUT2D eigenvalue weighted by Crippen LogP contribution is -2.69. The highest BCUT2D eigenvalue weighted by Gasteiger charge is 2.54. The van der Waals surface area contributed by atoms with Crippen LogP contribution in [0.5, 0.6) is 34.5 Å². The monoisotopic (exact) mass is 1050 g/mol. The van der Waals surface area contributed by atoms with Gasteiger partial charge in [0.1, 0.15) is 34.5 Å². The summed E-state index contributed by atoms with van der Waals surface area (Å²) in [7, 11) is 0. The number of nitrogens with zero attached hydrogens (tertiary/aromatic N) is 4. The molecule has 20 rings (SSSR count). The first-order chi connectivity index (χ1) is 41.2. The van der Waals surface area contributed by atoms with Crippen LogP contribution in [0.4, 0.5) is 68.2 Å². The van der Waals surface area contributed by atoms with Crippen molar-refractivity contribution < 1.29 is 14.2 Å². The predicted molar refractivity (Wildman–Crippen MR) is 343 cm³/mol. The van der Waals surface area contributed by atoms with Gasteiger partial charge in [0.25, 0.3) is 26.9 Å². The average Bonchev–Trinajstić information content (AvgIpc) is 1.13. The van der Waals surface area contributed by atoms with Crippen LogP contribution < -0.4 is 99.4 Å². The molecule has 0 saturated heterocycles. The van der Waals surface area contributed by atoms with Gasteiger partial charge in [-0.2, -0.15) is 0 Å². The van der Waals surface area contributed by atoms with Gasteiger partial charge >= 0.3 is 0 Å². The molecule has 380 valence electrons. The molecule has 0 bridgehead atoms. The Hall–Kier alpha value is -10.5. The number of rotatable bonds is 3. The fourth-order valence-electron chi connectivity index (χ4n) is 15.8. The van der Waals surface area contributed by atoms with E-state index in [1.54, 1.807) is 0 Å². The van der Waals surface area contributed by atoms with Crippen LogP contribution in [0.1, 0.15) is 0 Å². The summed E-state index contributed by atoms with van der Waals surface area (Å²) in [6.07, 6.45) is 0. The van der Waals surface area contributed by atoms with Crippen molar-refractivity contribution in [2.75, 3.05) is 19.6 Å². The fourth-order valence-corrected chi connectivity index (χ4v) is 15.8. The van der Waals surface area contributed by atoms with Crippen molar-refractivity contribution in [1.29, 1.82) is 0 Å². The third kappa shape index (κ3) is 5.73. The van der Waals surface area contributed by atoms with Crippen LogP contribution in [0.25, 0.3) is 0 Å². The van der Waals surface area contributed by atoms with Gasteiger partial charge in [-0.05, 0) is 157 Å². The minimum Gasteiger partial charge on any atom is -0.458 e. The molecule has 7 nitrogen and oxygen atoms in total. The molecule has 0 saturated carbocycles. The molecule has 83 heavy (non-hydrogen) atoms. The van der Waals surface area contributed by atoms with Crippen LogP contribution in [0.3, 0.4) is 0 Å². The Morgan fingerprint density at radius 2 is 0.578 bits per heavy atom. The lowest BCUT2D eigenvalue weighted by Gasteiger charge is -2.50. The molecule has 12 aromatic carbocycles. The Kier molecular flexibility index (Phi) is 8.60. The summed E-state index contributed by atoms with van der Waals surface area (Å²) in [5.41, 5.74) is 28.1. The van der Waals surface area contributed by atoms with Gasteiger partial charge in [-0.25, -0.2) is 0 Å². The Bertz CT molecular complexity index is 4870.